The van der Waals surface area contributed by atoms with Crippen molar-refractivity contribution in [2.75, 3.05) is 5.32 Å². The fraction of sp³-hybridized carbons (Fsp3) is 0.0455. The van der Waals surface area contributed by atoms with Crippen LogP contribution in [0.3, 0.4) is 0 Å². The first-order chi connectivity index (χ1) is 15.1. The molecule has 0 atom stereocenters. The van der Waals surface area contributed by atoms with Crippen LogP contribution in [-0.4, -0.2) is 31.3 Å². The molecule has 2 heterocycles. The van der Waals surface area contributed by atoms with E-state index in [1.54, 1.807) is 25.1 Å². The van der Waals surface area contributed by atoms with Crippen molar-refractivity contribution in [3.63, 3.8) is 0 Å². The summed E-state index contributed by atoms with van der Waals surface area (Å²) in [6.07, 6.45) is 0. The molecule has 0 unspecified atom stereocenters. The van der Waals surface area contributed by atoms with E-state index in [0.717, 1.165) is 5.56 Å². The van der Waals surface area contributed by atoms with Gasteiger partial charge in [-0.05, 0) is 53.7 Å². The Morgan fingerprint density at radius 2 is 1.90 bits per heavy atom. The molecule has 0 radical (unpaired) electrons. The predicted molar refractivity (Wildman–Crippen MR) is 111 cm³/mol. The van der Waals surface area contributed by atoms with Crippen molar-refractivity contribution in [1.82, 2.24) is 25.4 Å². The van der Waals surface area contributed by atoms with Crippen LogP contribution in [0.5, 0.6) is 0 Å². The summed E-state index contributed by atoms with van der Waals surface area (Å²) in [6.45, 7) is 1.72. The van der Waals surface area contributed by atoms with Crippen molar-refractivity contribution >= 4 is 22.5 Å². The topological polar surface area (TPSA) is 98.7 Å². The number of aryl methyl sites for hydroxylation is 1. The summed E-state index contributed by atoms with van der Waals surface area (Å²) in [5, 5.41) is 18.6. The quantitative estimate of drug-likeness (QED) is 0.474. The highest BCUT2D eigenvalue weighted by molar-refractivity contribution is 6.07. The number of hydrogen-bond donors (Lipinski definition) is 1. The van der Waals surface area contributed by atoms with E-state index in [0.29, 0.717) is 33.7 Å². The number of carbonyl (C=O) groups excluding carboxylic acids is 1. The van der Waals surface area contributed by atoms with Crippen LogP contribution in [0.1, 0.15) is 16.2 Å². The van der Waals surface area contributed by atoms with Crippen molar-refractivity contribution in [2.24, 2.45) is 0 Å². The summed E-state index contributed by atoms with van der Waals surface area (Å²) < 4.78 is 21.3. The molecule has 0 saturated heterocycles. The van der Waals surface area contributed by atoms with Gasteiger partial charge >= 0.3 is 0 Å². The fourth-order valence-corrected chi connectivity index (χ4v) is 3.29. The lowest BCUT2D eigenvalue weighted by atomic mass is 10.1. The van der Waals surface area contributed by atoms with Crippen LogP contribution < -0.4 is 5.32 Å². The summed E-state index contributed by atoms with van der Waals surface area (Å²) in [6, 6.07) is 18.7. The molecule has 5 rings (SSSR count). The number of tetrazole rings is 1. The predicted octanol–water partition coefficient (Wildman–Crippen LogP) is 4.17. The maximum atomic E-state index is 14.4. The molecule has 1 N–H and O–H groups in total. The van der Waals surface area contributed by atoms with E-state index in [1.807, 2.05) is 30.3 Å². The largest absolute Gasteiger partial charge is 0.355 e. The Kier molecular flexibility index (Phi) is 4.47. The van der Waals surface area contributed by atoms with Gasteiger partial charge in [-0.15, -0.1) is 5.10 Å². The van der Waals surface area contributed by atoms with Gasteiger partial charge in [-0.2, -0.15) is 4.68 Å². The van der Waals surface area contributed by atoms with Crippen molar-refractivity contribution in [2.45, 2.75) is 6.92 Å². The summed E-state index contributed by atoms with van der Waals surface area (Å²) >= 11 is 0. The molecule has 0 aliphatic rings. The molecule has 5 aromatic rings. The molecular weight excluding hydrogens is 399 g/mol. The third-order valence-electron chi connectivity index (χ3n) is 4.84. The lowest BCUT2D eigenvalue weighted by Gasteiger charge is -2.09. The summed E-state index contributed by atoms with van der Waals surface area (Å²) in [5.74, 6) is 0.0632. The van der Waals surface area contributed by atoms with Crippen LogP contribution in [-0.2, 0) is 0 Å². The lowest BCUT2D eigenvalue weighted by molar-refractivity contribution is 0.102. The first-order valence-electron chi connectivity index (χ1n) is 9.41. The van der Waals surface area contributed by atoms with Crippen LogP contribution in [0.25, 0.3) is 27.9 Å². The van der Waals surface area contributed by atoms with Gasteiger partial charge in [-0.1, -0.05) is 35.5 Å². The summed E-state index contributed by atoms with van der Waals surface area (Å²) in [5.41, 5.74) is 2.36. The normalized spacial score (nSPS) is 11.0. The van der Waals surface area contributed by atoms with Gasteiger partial charge in [0.15, 0.2) is 11.6 Å². The molecule has 0 aliphatic carbocycles. The van der Waals surface area contributed by atoms with E-state index < -0.39 is 11.7 Å². The van der Waals surface area contributed by atoms with E-state index in [2.05, 4.69) is 26.0 Å². The van der Waals surface area contributed by atoms with Crippen molar-refractivity contribution in [3.8, 4) is 17.0 Å². The number of carbonyl (C=O) groups is 1. The van der Waals surface area contributed by atoms with E-state index in [9.17, 15) is 9.18 Å². The Morgan fingerprint density at radius 1 is 1.06 bits per heavy atom. The van der Waals surface area contributed by atoms with Gasteiger partial charge in [0.05, 0.1) is 16.8 Å². The zero-order chi connectivity index (χ0) is 21.4. The Bertz CT molecular complexity index is 1410. The number of nitrogens with one attached hydrogen (secondary N) is 1. The molecule has 9 heteroatoms. The Labute approximate surface area is 175 Å². The zero-order valence-electron chi connectivity index (χ0n) is 16.3. The summed E-state index contributed by atoms with van der Waals surface area (Å²) in [7, 11) is 0. The molecule has 1 amide bonds. The minimum absolute atomic E-state index is 0.0195. The average molecular weight is 414 g/mol. The van der Waals surface area contributed by atoms with Crippen molar-refractivity contribution in [3.05, 3.63) is 83.9 Å². The van der Waals surface area contributed by atoms with Gasteiger partial charge in [0.1, 0.15) is 11.3 Å². The number of halogens is 1. The molecule has 8 nitrogen and oxygen atoms in total. The molecule has 0 saturated carbocycles. The average Bonchev–Trinajstić information content (AvgIpc) is 3.41. The Morgan fingerprint density at radius 3 is 2.68 bits per heavy atom. The number of fused-ring (bicyclic) bond motifs is 1. The number of amides is 1. The van der Waals surface area contributed by atoms with E-state index in [1.165, 1.54) is 22.9 Å². The van der Waals surface area contributed by atoms with Gasteiger partial charge in [-0.3, -0.25) is 4.79 Å². The standard InChI is InChI=1S/C22H15FN6O2/c1-13-25-27-28-29(13)16-8-9-18(23)20(12-16)24-22(30)15-7-10-19-17(11-15)21(31-26-19)14-5-3-2-4-6-14/h2-12H,1H3,(H,24,30). The molecule has 31 heavy (non-hydrogen) atoms. The molecule has 0 spiro atoms. The van der Waals surface area contributed by atoms with Crippen LogP contribution >= 0.6 is 0 Å². The van der Waals surface area contributed by atoms with Gasteiger partial charge in [0, 0.05) is 11.1 Å². The van der Waals surface area contributed by atoms with Gasteiger partial charge in [-0.25, -0.2) is 4.39 Å². The molecule has 0 fully saturated rings. The number of benzene rings is 3. The van der Waals surface area contributed by atoms with E-state index >= 15 is 0 Å². The maximum absolute atomic E-state index is 14.4. The zero-order valence-corrected chi connectivity index (χ0v) is 16.3. The minimum Gasteiger partial charge on any atom is -0.355 e. The minimum atomic E-state index is -0.571. The van der Waals surface area contributed by atoms with Crippen molar-refractivity contribution in [1.29, 1.82) is 0 Å². The first-order valence-corrected chi connectivity index (χ1v) is 9.41. The second kappa shape index (κ2) is 7.45. The van der Waals surface area contributed by atoms with Gasteiger partial charge < -0.3 is 9.84 Å². The molecular formula is C22H15FN6O2. The number of aromatic nitrogens is 5. The van der Waals surface area contributed by atoms with Crippen LogP contribution in [0, 0.1) is 12.7 Å². The van der Waals surface area contributed by atoms with E-state index in [4.69, 9.17) is 4.52 Å². The maximum Gasteiger partial charge on any atom is 0.255 e. The number of rotatable bonds is 4. The Balaban J connectivity index is 1.48. The second-order valence-electron chi connectivity index (χ2n) is 6.87. The highest BCUT2D eigenvalue weighted by Crippen LogP contribution is 2.29. The molecule has 152 valence electrons. The SMILES string of the molecule is Cc1nnnn1-c1ccc(F)c(NC(=O)c2ccc3noc(-c4ccccc4)c3c2)c1. The summed E-state index contributed by atoms with van der Waals surface area (Å²) in [4.78, 5) is 12.9. The smallest absolute Gasteiger partial charge is 0.255 e. The monoisotopic (exact) mass is 414 g/mol. The second-order valence-corrected chi connectivity index (χ2v) is 6.87. The molecule has 3 aromatic carbocycles. The molecule has 0 bridgehead atoms. The highest BCUT2D eigenvalue weighted by atomic mass is 19.1. The third kappa shape index (κ3) is 3.42. The fourth-order valence-electron chi connectivity index (χ4n) is 3.29. The Hall–Kier alpha value is -4.40. The van der Waals surface area contributed by atoms with Crippen LogP contribution in [0.2, 0.25) is 0 Å². The first kappa shape index (κ1) is 18.6. The number of anilines is 1. The number of hydrogen-bond acceptors (Lipinski definition) is 6. The van der Waals surface area contributed by atoms with Crippen LogP contribution in [0.15, 0.2) is 71.3 Å². The molecule has 0 aliphatic heterocycles. The highest BCUT2D eigenvalue weighted by Gasteiger charge is 2.16. The van der Waals surface area contributed by atoms with Gasteiger partial charge in [0.2, 0.25) is 0 Å². The van der Waals surface area contributed by atoms with Gasteiger partial charge in [0.25, 0.3) is 5.91 Å². The molecule has 2 aromatic heterocycles. The van der Waals surface area contributed by atoms with Crippen LogP contribution in [0.4, 0.5) is 10.1 Å². The van der Waals surface area contributed by atoms with Crippen molar-refractivity contribution < 1.29 is 13.7 Å². The third-order valence-corrected chi connectivity index (χ3v) is 4.84. The number of nitrogens with zero attached hydrogens (tertiary/aromatic N) is 5. The lowest BCUT2D eigenvalue weighted by Crippen LogP contribution is -2.13. The van der Waals surface area contributed by atoms with E-state index in [-0.39, 0.29) is 5.69 Å².